The van der Waals surface area contributed by atoms with Crippen LogP contribution in [0.3, 0.4) is 0 Å². The van der Waals surface area contributed by atoms with Gasteiger partial charge < -0.3 is 5.32 Å². The summed E-state index contributed by atoms with van der Waals surface area (Å²) in [6.07, 6.45) is 1.78. The summed E-state index contributed by atoms with van der Waals surface area (Å²) < 4.78 is 0. The smallest absolute Gasteiger partial charge is 0.223 e. The van der Waals surface area contributed by atoms with Gasteiger partial charge in [0.05, 0.1) is 22.4 Å². The van der Waals surface area contributed by atoms with Crippen LogP contribution in [0.2, 0.25) is 0 Å². The van der Waals surface area contributed by atoms with Crippen molar-refractivity contribution in [2.75, 3.05) is 13.1 Å². The number of carbonyl (C=O) groups excluding carboxylic acids is 1. The first kappa shape index (κ1) is 18.6. The molecule has 0 bridgehead atoms. The van der Waals surface area contributed by atoms with Crippen molar-refractivity contribution >= 4 is 16.9 Å². The van der Waals surface area contributed by atoms with E-state index in [1.807, 2.05) is 61.5 Å². The molecule has 0 radical (unpaired) electrons. The van der Waals surface area contributed by atoms with Gasteiger partial charge in [0.15, 0.2) is 0 Å². The Morgan fingerprint density at radius 2 is 1.64 bits per heavy atom. The van der Waals surface area contributed by atoms with Crippen LogP contribution < -0.4 is 5.32 Å². The molecule has 1 fully saturated rings. The van der Waals surface area contributed by atoms with Gasteiger partial charge in [-0.05, 0) is 50.6 Å². The first-order valence-corrected chi connectivity index (χ1v) is 9.95. The zero-order valence-electron chi connectivity index (χ0n) is 16.3. The highest BCUT2D eigenvalue weighted by Crippen LogP contribution is 2.20. The number of nitrogens with one attached hydrogen (secondary N) is 1. The monoisotopic (exact) mass is 374 g/mol. The van der Waals surface area contributed by atoms with Crippen LogP contribution >= 0.6 is 0 Å². The number of likely N-dealkylation sites (tertiary alicyclic amines) is 1. The maximum atomic E-state index is 12.5. The predicted octanol–water partition coefficient (Wildman–Crippen LogP) is 3.47. The van der Waals surface area contributed by atoms with Crippen LogP contribution in [0.25, 0.3) is 11.0 Å². The number of hydrogen-bond donors (Lipinski definition) is 1. The van der Waals surface area contributed by atoms with Gasteiger partial charge in [-0.3, -0.25) is 9.69 Å². The molecule has 0 saturated carbocycles. The molecule has 5 heteroatoms. The number of nitrogens with zero attached hydrogens (tertiary/aromatic N) is 3. The van der Waals surface area contributed by atoms with Gasteiger partial charge in [0.2, 0.25) is 5.91 Å². The van der Waals surface area contributed by atoms with E-state index in [-0.39, 0.29) is 11.8 Å². The summed E-state index contributed by atoms with van der Waals surface area (Å²) in [6.45, 7) is 5.25. The normalized spacial score (nSPS) is 15.6. The number of fused-ring (bicyclic) bond motifs is 1. The van der Waals surface area contributed by atoms with Crippen molar-refractivity contribution in [3.05, 3.63) is 71.5 Å². The molecule has 0 unspecified atom stereocenters. The number of amides is 1. The van der Waals surface area contributed by atoms with Gasteiger partial charge in [0, 0.05) is 19.0 Å². The highest BCUT2D eigenvalue weighted by Gasteiger charge is 2.25. The van der Waals surface area contributed by atoms with Crippen molar-refractivity contribution in [1.29, 1.82) is 0 Å². The third-order valence-electron chi connectivity index (χ3n) is 5.48. The number of benzene rings is 2. The second-order valence-electron chi connectivity index (χ2n) is 7.50. The molecular formula is C23H26N4O. The van der Waals surface area contributed by atoms with E-state index in [0.29, 0.717) is 6.54 Å². The van der Waals surface area contributed by atoms with Crippen LogP contribution in [0.15, 0.2) is 54.6 Å². The average Bonchev–Trinajstić information content (AvgIpc) is 2.74. The molecule has 2 aromatic carbocycles. The van der Waals surface area contributed by atoms with E-state index in [4.69, 9.17) is 4.98 Å². The first-order chi connectivity index (χ1) is 13.7. The average molecular weight is 374 g/mol. The van der Waals surface area contributed by atoms with E-state index >= 15 is 0 Å². The summed E-state index contributed by atoms with van der Waals surface area (Å²) >= 11 is 0. The molecule has 1 N–H and O–H groups in total. The van der Waals surface area contributed by atoms with Gasteiger partial charge in [0.1, 0.15) is 0 Å². The molecule has 2 heterocycles. The van der Waals surface area contributed by atoms with E-state index in [9.17, 15) is 4.79 Å². The fourth-order valence-electron chi connectivity index (χ4n) is 3.77. The molecule has 144 valence electrons. The maximum absolute atomic E-state index is 12.5. The predicted molar refractivity (Wildman–Crippen MR) is 111 cm³/mol. The van der Waals surface area contributed by atoms with Crippen molar-refractivity contribution in [1.82, 2.24) is 20.2 Å². The Balaban J connectivity index is 1.30. The molecule has 0 spiro atoms. The molecule has 1 aromatic heterocycles. The van der Waals surface area contributed by atoms with Gasteiger partial charge in [0.25, 0.3) is 0 Å². The fraction of sp³-hybridized carbons (Fsp3) is 0.348. The minimum Gasteiger partial charge on any atom is -0.352 e. The number of rotatable bonds is 5. The summed E-state index contributed by atoms with van der Waals surface area (Å²) in [7, 11) is 0. The Morgan fingerprint density at radius 1 is 1.00 bits per heavy atom. The first-order valence-electron chi connectivity index (χ1n) is 9.95. The Hall–Kier alpha value is -2.79. The second kappa shape index (κ2) is 8.48. The number of carbonyl (C=O) groups is 1. The van der Waals surface area contributed by atoms with E-state index in [0.717, 1.165) is 60.5 Å². The van der Waals surface area contributed by atoms with Gasteiger partial charge in [-0.1, -0.05) is 42.5 Å². The summed E-state index contributed by atoms with van der Waals surface area (Å²) in [5.41, 5.74) is 5.04. The molecule has 3 aromatic rings. The minimum absolute atomic E-state index is 0.101. The van der Waals surface area contributed by atoms with Crippen LogP contribution in [-0.4, -0.2) is 33.9 Å². The number of para-hydroxylation sites is 2. The highest BCUT2D eigenvalue weighted by atomic mass is 16.1. The van der Waals surface area contributed by atoms with Crippen molar-refractivity contribution in [3.63, 3.8) is 0 Å². The Morgan fingerprint density at radius 3 is 2.36 bits per heavy atom. The van der Waals surface area contributed by atoms with E-state index in [2.05, 4.69) is 15.2 Å². The van der Waals surface area contributed by atoms with E-state index in [1.165, 1.54) is 0 Å². The number of hydrogen-bond acceptors (Lipinski definition) is 4. The topological polar surface area (TPSA) is 58.1 Å². The number of aromatic nitrogens is 2. The third-order valence-corrected chi connectivity index (χ3v) is 5.48. The van der Waals surface area contributed by atoms with Gasteiger partial charge in [-0.2, -0.15) is 0 Å². The number of aryl methyl sites for hydroxylation is 1. The zero-order valence-corrected chi connectivity index (χ0v) is 16.3. The highest BCUT2D eigenvalue weighted by molar-refractivity contribution is 5.78. The summed E-state index contributed by atoms with van der Waals surface area (Å²) in [5, 5.41) is 3.08. The van der Waals surface area contributed by atoms with Crippen LogP contribution in [0.1, 0.15) is 29.8 Å². The van der Waals surface area contributed by atoms with E-state index in [1.54, 1.807) is 0 Å². The van der Waals surface area contributed by atoms with Crippen LogP contribution in [0.5, 0.6) is 0 Å². The standard InChI is InChI=1S/C23H26N4O/c1-17-22(26-21-10-6-5-9-20(21)25-17)16-27-13-11-19(12-14-27)23(28)24-15-18-7-3-2-4-8-18/h2-10,19H,11-16H2,1H3,(H,24,28). The lowest BCUT2D eigenvalue weighted by atomic mass is 9.95. The molecule has 28 heavy (non-hydrogen) atoms. The van der Waals surface area contributed by atoms with Gasteiger partial charge in [-0.15, -0.1) is 0 Å². The lowest BCUT2D eigenvalue weighted by Crippen LogP contribution is -2.40. The van der Waals surface area contributed by atoms with Crippen LogP contribution in [0, 0.1) is 12.8 Å². The van der Waals surface area contributed by atoms with Crippen molar-refractivity contribution in [3.8, 4) is 0 Å². The fourth-order valence-corrected chi connectivity index (χ4v) is 3.77. The summed E-state index contributed by atoms with van der Waals surface area (Å²) in [4.78, 5) is 24.4. The quantitative estimate of drug-likeness (QED) is 0.743. The van der Waals surface area contributed by atoms with Gasteiger partial charge in [-0.25, -0.2) is 9.97 Å². The third kappa shape index (κ3) is 4.37. The summed E-state index contributed by atoms with van der Waals surface area (Å²) in [6, 6.07) is 18.1. The molecule has 0 atom stereocenters. The maximum Gasteiger partial charge on any atom is 0.223 e. The SMILES string of the molecule is Cc1nc2ccccc2nc1CN1CCC(C(=O)NCc2ccccc2)CC1. The van der Waals surface area contributed by atoms with Crippen molar-refractivity contribution < 1.29 is 4.79 Å². The molecule has 1 saturated heterocycles. The molecule has 4 rings (SSSR count). The minimum atomic E-state index is 0.101. The van der Waals surface area contributed by atoms with Crippen molar-refractivity contribution in [2.45, 2.75) is 32.9 Å². The largest absolute Gasteiger partial charge is 0.352 e. The van der Waals surface area contributed by atoms with Crippen molar-refractivity contribution in [2.24, 2.45) is 5.92 Å². The lowest BCUT2D eigenvalue weighted by Gasteiger charge is -2.31. The second-order valence-corrected chi connectivity index (χ2v) is 7.50. The molecule has 5 nitrogen and oxygen atoms in total. The van der Waals surface area contributed by atoms with Gasteiger partial charge >= 0.3 is 0 Å². The molecule has 1 aliphatic heterocycles. The lowest BCUT2D eigenvalue weighted by molar-refractivity contribution is -0.126. The van der Waals surface area contributed by atoms with Crippen LogP contribution in [0.4, 0.5) is 0 Å². The Labute approximate surface area is 165 Å². The Kier molecular flexibility index (Phi) is 5.63. The number of piperidine rings is 1. The molecule has 1 aliphatic rings. The molecule has 0 aliphatic carbocycles. The zero-order chi connectivity index (χ0) is 19.3. The molecular weight excluding hydrogens is 348 g/mol. The molecule has 1 amide bonds. The Bertz CT molecular complexity index is 949. The van der Waals surface area contributed by atoms with Crippen LogP contribution in [-0.2, 0) is 17.9 Å². The summed E-state index contributed by atoms with van der Waals surface area (Å²) in [5.74, 6) is 0.272. The van der Waals surface area contributed by atoms with E-state index < -0.39 is 0 Å².